The molecule has 0 aliphatic heterocycles. The summed E-state index contributed by atoms with van der Waals surface area (Å²) in [5.74, 6) is -0.0631. The number of sulfonamides is 1. The highest BCUT2D eigenvalue weighted by atomic mass is 35.5. The predicted molar refractivity (Wildman–Crippen MR) is 94.9 cm³/mol. The summed E-state index contributed by atoms with van der Waals surface area (Å²) in [6, 6.07) is 0.690. The summed E-state index contributed by atoms with van der Waals surface area (Å²) < 4.78 is 66.0. The summed E-state index contributed by atoms with van der Waals surface area (Å²) in [5.41, 5.74) is -2.70. The number of nitrogens with zero attached hydrogens (tertiary/aromatic N) is 3. The Hall–Kier alpha value is -2.38. The number of nitrogens with one attached hydrogen (secondary N) is 2. The number of hydrogen-bond acceptors (Lipinski definition) is 6. The van der Waals surface area contributed by atoms with Gasteiger partial charge in [-0.25, -0.2) is 22.9 Å². The highest BCUT2D eigenvalue weighted by molar-refractivity contribution is 7.89. The van der Waals surface area contributed by atoms with Gasteiger partial charge in [0.25, 0.3) is 5.56 Å². The van der Waals surface area contributed by atoms with E-state index in [0.29, 0.717) is 16.8 Å². The molecule has 0 spiro atoms. The fourth-order valence-electron chi connectivity index (χ4n) is 2.13. The highest BCUT2D eigenvalue weighted by Crippen LogP contribution is 2.32. The number of aryl methyl sites for hydroxylation is 1. The lowest BCUT2D eigenvalue weighted by Crippen LogP contribution is -2.42. The Morgan fingerprint density at radius 3 is 2.43 bits per heavy atom. The molecule has 9 nitrogen and oxygen atoms in total. The molecule has 0 saturated carbocycles. The van der Waals surface area contributed by atoms with Gasteiger partial charge in [0.2, 0.25) is 10.0 Å². The van der Waals surface area contributed by atoms with Crippen LogP contribution in [0.25, 0.3) is 0 Å². The van der Waals surface area contributed by atoms with Gasteiger partial charge in [-0.05, 0) is 6.07 Å². The Balaban J connectivity index is 2.06. The third-order valence-corrected chi connectivity index (χ3v) is 5.31. The summed E-state index contributed by atoms with van der Waals surface area (Å²) in [5, 5.41) is 2.30. The van der Waals surface area contributed by atoms with E-state index in [1.807, 2.05) is 0 Å². The fraction of sp³-hybridized carbons (Fsp3) is 0.357. The number of anilines is 1. The van der Waals surface area contributed by atoms with Crippen LogP contribution < -0.4 is 21.3 Å². The zero-order valence-corrected chi connectivity index (χ0v) is 16.1. The quantitative estimate of drug-likeness (QED) is 0.632. The van der Waals surface area contributed by atoms with Gasteiger partial charge in [0.1, 0.15) is 5.82 Å². The summed E-state index contributed by atoms with van der Waals surface area (Å²) in [6.45, 7) is -0.309. The average molecular weight is 442 g/mol. The van der Waals surface area contributed by atoms with Crippen LogP contribution in [-0.4, -0.2) is 35.6 Å². The second-order valence-electron chi connectivity index (χ2n) is 5.63. The van der Waals surface area contributed by atoms with E-state index in [4.69, 9.17) is 11.6 Å². The number of halogens is 4. The standard InChI is InChI=1S/C14H15ClF3N5O4S/c1-22-7-10(12(24)23(2)13(22)25)28(26,27)21-4-3-19-11-9(15)5-8(6-20-11)14(16,17)18/h5-7,21H,3-4H2,1-2H3,(H,19,20). The molecule has 0 unspecified atom stereocenters. The van der Waals surface area contributed by atoms with Crippen molar-refractivity contribution in [2.75, 3.05) is 18.4 Å². The molecular formula is C14H15ClF3N5O4S. The van der Waals surface area contributed by atoms with Crippen LogP contribution in [0.5, 0.6) is 0 Å². The number of hydrogen-bond donors (Lipinski definition) is 2. The topological polar surface area (TPSA) is 115 Å². The van der Waals surface area contributed by atoms with Crippen LogP contribution in [0.2, 0.25) is 5.02 Å². The molecule has 2 heterocycles. The van der Waals surface area contributed by atoms with E-state index >= 15 is 0 Å². The van der Waals surface area contributed by atoms with Crippen molar-refractivity contribution in [3.63, 3.8) is 0 Å². The lowest BCUT2D eigenvalue weighted by atomic mass is 10.3. The van der Waals surface area contributed by atoms with Crippen LogP contribution in [0.3, 0.4) is 0 Å². The first-order chi connectivity index (χ1) is 12.8. The van der Waals surface area contributed by atoms with Gasteiger partial charge in [-0.3, -0.25) is 9.36 Å². The van der Waals surface area contributed by atoms with Crippen LogP contribution in [-0.2, 0) is 30.3 Å². The summed E-state index contributed by atoms with van der Waals surface area (Å²) in [6.07, 6.45) is -3.10. The maximum atomic E-state index is 12.6. The first-order valence-corrected chi connectivity index (χ1v) is 9.43. The molecule has 0 bridgehead atoms. The molecule has 0 fully saturated rings. The van der Waals surface area contributed by atoms with Gasteiger partial charge in [-0.15, -0.1) is 0 Å². The smallest absolute Gasteiger partial charge is 0.368 e. The van der Waals surface area contributed by atoms with Crippen LogP contribution in [0.15, 0.2) is 32.9 Å². The molecule has 2 aromatic rings. The highest BCUT2D eigenvalue weighted by Gasteiger charge is 2.31. The second kappa shape index (κ2) is 7.93. The van der Waals surface area contributed by atoms with Crippen molar-refractivity contribution in [1.82, 2.24) is 18.8 Å². The number of pyridine rings is 1. The second-order valence-corrected chi connectivity index (χ2v) is 7.77. The molecule has 0 radical (unpaired) electrons. The van der Waals surface area contributed by atoms with Gasteiger partial charge >= 0.3 is 11.9 Å². The van der Waals surface area contributed by atoms with Crippen molar-refractivity contribution < 1.29 is 21.6 Å². The molecular weight excluding hydrogens is 427 g/mol. The Morgan fingerprint density at radius 1 is 1.21 bits per heavy atom. The molecule has 154 valence electrons. The van der Waals surface area contributed by atoms with E-state index < -0.39 is 37.9 Å². The molecule has 2 aromatic heterocycles. The number of rotatable bonds is 6. The summed E-state index contributed by atoms with van der Waals surface area (Å²) >= 11 is 5.73. The van der Waals surface area contributed by atoms with E-state index in [0.717, 1.165) is 17.8 Å². The van der Waals surface area contributed by atoms with E-state index in [1.165, 1.54) is 7.05 Å². The minimum absolute atomic E-state index is 0.0631. The SMILES string of the molecule is Cn1cc(S(=O)(=O)NCCNc2ncc(C(F)(F)F)cc2Cl)c(=O)n(C)c1=O. The van der Waals surface area contributed by atoms with Gasteiger partial charge in [0.05, 0.1) is 10.6 Å². The third-order valence-electron chi connectivity index (χ3n) is 3.58. The largest absolute Gasteiger partial charge is 0.417 e. The van der Waals surface area contributed by atoms with Gasteiger partial charge < -0.3 is 9.88 Å². The number of aromatic nitrogens is 3. The predicted octanol–water partition coefficient (Wildman–Crippen LogP) is 0.542. The van der Waals surface area contributed by atoms with Crippen molar-refractivity contribution in [2.24, 2.45) is 14.1 Å². The van der Waals surface area contributed by atoms with Gasteiger partial charge in [-0.1, -0.05) is 11.6 Å². The molecule has 0 atom stereocenters. The molecule has 0 amide bonds. The third kappa shape index (κ3) is 4.72. The van der Waals surface area contributed by atoms with Crippen LogP contribution in [0.1, 0.15) is 5.56 Å². The van der Waals surface area contributed by atoms with E-state index in [1.54, 1.807) is 0 Å². The molecule has 2 N–H and O–H groups in total. The van der Waals surface area contributed by atoms with E-state index in [2.05, 4.69) is 15.0 Å². The monoisotopic (exact) mass is 441 g/mol. The molecule has 28 heavy (non-hydrogen) atoms. The minimum atomic E-state index is -4.59. The lowest BCUT2D eigenvalue weighted by molar-refractivity contribution is -0.137. The molecule has 2 rings (SSSR count). The Bertz CT molecular complexity index is 1110. The molecule has 0 saturated heterocycles. The fourth-order valence-corrected chi connectivity index (χ4v) is 3.55. The van der Waals surface area contributed by atoms with E-state index in [-0.39, 0.29) is 23.9 Å². The first kappa shape index (κ1) is 21.9. The van der Waals surface area contributed by atoms with Crippen molar-refractivity contribution in [1.29, 1.82) is 0 Å². The molecule has 0 aliphatic rings. The summed E-state index contributed by atoms with van der Waals surface area (Å²) in [4.78, 5) is 26.5. The van der Waals surface area contributed by atoms with Crippen molar-refractivity contribution in [3.05, 3.63) is 49.9 Å². The number of alkyl halides is 3. The zero-order chi connectivity index (χ0) is 21.3. The van der Waals surface area contributed by atoms with Crippen molar-refractivity contribution in [3.8, 4) is 0 Å². The zero-order valence-electron chi connectivity index (χ0n) is 14.5. The van der Waals surface area contributed by atoms with Crippen molar-refractivity contribution >= 4 is 27.4 Å². The summed E-state index contributed by atoms with van der Waals surface area (Å²) in [7, 11) is -1.79. The Labute approximate surface area is 161 Å². The van der Waals surface area contributed by atoms with Crippen molar-refractivity contribution in [2.45, 2.75) is 11.1 Å². The Morgan fingerprint density at radius 2 is 1.86 bits per heavy atom. The maximum Gasteiger partial charge on any atom is 0.417 e. The average Bonchev–Trinajstić information content (AvgIpc) is 2.60. The van der Waals surface area contributed by atoms with Crippen LogP contribution in [0, 0.1) is 0 Å². The maximum absolute atomic E-state index is 12.6. The molecule has 0 aliphatic carbocycles. The van der Waals surface area contributed by atoms with Gasteiger partial charge in [0.15, 0.2) is 4.90 Å². The lowest BCUT2D eigenvalue weighted by Gasteiger charge is -2.12. The van der Waals surface area contributed by atoms with Gasteiger partial charge in [0, 0.05) is 39.6 Å². The minimum Gasteiger partial charge on any atom is -0.368 e. The first-order valence-electron chi connectivity index (χ1n) is 7.57. The normalized spacial score (nSPS) is 12.2. The van der Waals surface area contributed by atoms with E-state index in [9.17, 15) is 31.2 Å². The van der Waals surface area contributed by atoms with Gasteiger partial charge in [-0.2, -0.15) is 13.2 Å². The van der Waals surface area contributed by atoms with Crippen LogP contribution in [0.4, 0.5) is 19.0 Å². The Kier molecular flexibility index (Phi) is 6.21. The molecule has 0 aromatic carbocycles. The molecule has 14 heteroatoms. The van der Waals surface area contributed by atoms with Crippen LogP contribution >= 0.6 is 11.6 Å².